The summed E-state index contributed by atoms with van der Waals surface area (Å²) >= 11 is 0. The average molecular weight is 310 g/mol. The molecule has 0 heterocycles. The second-order valence-electron chi connectivity index (χ2n) is 4.87. The van der Waals surface area contributed by atoms with Gasteiger partial charge in [0.05, 0.1) is 4.92 Å². The van der Waals surface area contributed by atoms with Crippen LogP contribution in [0.3, 0.4) is 0 Å². The zero-order valence-electron chi connectivity index (χ0n) is 12.6. The molecule has 0 aromatic heterocycles. The Labute approximate surface area is 134 Å². The summed E-state index contributed by atoms with van der Waals surface area (Å²) in [5, 5.41) is 10.6. The summed E-state index contributed by atoms with van der Waals surface area (Å²) in [5.74, 6) is 0.608. The van der Waals surface area contributed by atoms with Crippen LogP contribution in [0.5, 0.6) is 5.75 Å². The van der Waals surface area contributed by atoms with E-state index in [1.54, 1.807) is 18.2 Å². The maximum atomic E-state index is 10.6. The van der Waals surface area contributed by atoms with E-state index in [9.17, 15) is 10.1 Å². The number of rotatable bonds is 7. The number of hydrogen-bond acceptors (Lipinski definition) is 4. The van der Waals surface area contributed by atoms with Gasteiger partial charge in [-0.2, -0.15) is 0 Å². The lowest BCUT2D eigenvalue weighted by Gasteiger charge is -2.06. The summed E-state index contributed by atoms with van der Waals surface area (Å²) in [6, 6.07) is 14.2. The number of benzene rings is 2. The highest BCUT2D eigenvalue weighted by atomic mass is 16.6. The first-order chi connectivity index (χ1) is 11.2. The number of nitro groups is 1. The molecule has 2 N–H and O–H groups in total. The minimum atomic E-state index is -0.430. The minimum absolute atomic E-state index is 0.0549. The van der Waals surface area contributed by atoms with E-state index in [0.29, 0.717) is 12.4 Å². The van der Waals surface area contributed by atoms with Crippen molar-refractivity contribution < 1.29 is 9.66 Å². The van der Waals surface area contributed by atoms with Gasteiger partial charge in [-0.25, -0.2) is 0 Å². The fourth-order valence-corrected chi connectivity index (χ4v) is 1.95. The number of allylic oxidation sites excluding steroid dienone is 3. The van der Waals surface area contributed by atoms with E-state index in [1.807, 2.05) is 36.4 Å². The van der Waals surface area contributed by atoms with Gasteiger partial charge in [0.1, 0.15) is 12.4 Å². The van der Waals surface area contributed by atoms with Gasteiger partial charge in [0, 0.05) is 12.1 Å². The topological polar surface area (TPSA) is 78.4 Å². The Morgan fingerprint density at radius 2 is 1.65 bits per heavy atom. The number of non-ortho nitro benzene ring substituents is 1. The number of nitro benzene ring substituents is 1. The van der Waals surface area contributed by atoms with Crippen molar-refractivity contribution in [3.05, 3.63) is 94.2 Å². The van der Waals surface area contributed by atoms with Gasteiger partial charge in [-0.05, 0) is 42.0 Å². The Morgan fingerprint density at radius 1 is 1.00 bits per heavy atom. The Balaban J connectivity index is 1.87. The molecular weight excluding hydrogens is 292 g/mol. The van der Waals surface area contributed by atoms with Crippen molar-refractivity contribution in [1.82, 2.24) is 0 Å². The quantitative estimate of drug-likeness (QED) is 0.480. The molecular formula is C18H18N2O3. The minimum Gasteiger partial charge on any atom is -0.489 e. The van der Waals surface area contributed by atoms with Crippen LogP contribution in [0, 0.1) is 10.1 Å². The third-order valence-corrected chi connectivity index (χ3v) is 3.19. The zero-order chi connectivity index (χ0) is 16.5. The number of ether oxygens (including phenoxy) is 1. The summed E-state index contributed by atoms with van der Waals surface area (Å²) in [6.45, 7) is 0.420. The molecule has 0 aliphatic carbocycles. The molecule has 2 aromatic carbocycles. The van der Waals surface area contributed by atoms with E-state index in [4.69, 9.17) is 10.5 Å². The molecule has 2 rings (SSSR count). The van der Waals surface area contributed by atoms with E-state index in [1.165, 1.54) is 23.9 Å². The van der Waals surface area contributed by atoms with Gasteiger partial charge in [-0.1, -0.05) is 36.4 Å². The average Bonchev–Trinajstić information content (AvgIpc) is 2.58. The standard InChI is InChI=1S/C18H18N2O3/c19-13-3-1-2-4-15-5-7-16(8-6-15)14-23-18-11-9-17(10-12-18)20(21)22/h1-3,5-13H,4,14,19H2/b2-1-,13-3-. The predicted octanol–water partition coefficient (Wildman–Crippen LogP) is 3.74. The lowest BCUT2D eigenvalue weighted by atomic mass is 10.1. The summed E-state index contributed by atoms with van der Waals surface area (Å²) in [6.07, 6.45) is 8.06. The highest BCUT2D eigenvalue weighted by Gasteiger charge is 2.04. The highest BCUT2D eigenvalue weighted by molar-refractivity contribution is 5.36. The smallest absolute Gasteiger partial charge is 0.269 e. The monoisotopic (exact) mass is 310 g/mol. The second-order valence-corrected chi connectivity index (χ2v) is 4.87. The van der Waals surface area contributed by atoms with E-state index in [-0.39, 0.29) is 5.69 Å². The Hall–Kier alpha value is -3.08. The molecule has 0 radical (unpaired) electrons. The number of nitrogens with two attached hydrogens (primary N) is 1. The number of hydrogen-bond donors (Lipinski definition) is 1. The van der Waals surface area contributed by atoms with E-state index < -0.39 is 4.92 Å². The molecule has 0 aliphatic rings. The van der Waals surface area contributed by atoms with Crippen molar-refractivity contribution in [3.8, 4) is 5.75 Å². The first kappa shape index (κ1) is 16.3. The molecule has 0 unspecified atom stereocenters. The third-order valence-electron chi connectivity index (χ3n) is 3.19. The van der Waals surface area contributed by atoms with Crippen LogP contribution in [0.4, 0.5) is 5.69 Å². The lowest BCUT2D eigenvalue weighted by Crippen LogP contribution is -1.96. The SMILES string of the molecule is N/C=C\C=C/Cc1ccc(COc2ccc([N+](=O)[O-])cc2)cc1. The van der Waals surface area contributed by atoms with E-state index >= 15 is 0 Å². The number of nitrogens with zero attached hydrogens (tertiary/aromatic N) is 1. The highest BCUT2D eigenvalue weighted by Crippen LogP contribution is 2.18. The molecule has 2 aromatic rings. The van der Waals surface area contributed by atoms with Crippen molar-refractivity contribution in [2.75, 3.05) is 0 Å². The third kappa shape index (κ3) is 5.32. The first-order valence-electron chi connectivity index (χ1n) is 7.17. The van der Waals surface area contributed by atoms with Crippen molar-refractivity contribution in [2.45, 2.75) is 13.0 Å². The molecule has 118 valence electrons. The van der Waals surface area contributed by atoms with Crippen molar-refractivity contribution in [1.29, 1.82) is 0 Å². The van der Waals surface area contributed by atoms with E-state index in [0.717, 1.165) is 12.0 Å². The van der Waals surface area contributed by atoms with Crippen LogP contribution in [0.2, 0.25) is 0 Å². The van der Waals surface area contributed by atoms with Crippen LogP contribution >= 0.6 is 0 Å². The normalized spacial score (nSPS) is 11.1. The molecule has 0 aliphatic heterocycles. The summed E-state index contributed by atoms with van der Waals surface area (Å²) in [4.78, 5) is 10.2. The molecule has 5 heteroatoms. The van der Waals surface area contributed by atoms with Crippen LogP contribution in [0.1, 0.15) is 11.1 Å². The van der Waals surface area contributed by atoms with Crippen LogP contribution in [-0.4, -0.2) is 4.92 Å². The molecule has 5 nitrogen and oxygen atoms in total. The van der Waals surface area contributed by atoms with Gasteiger partial charge >= 0.3 is 0 Å². The van der Waals surface area contributed by atoms with Crippen LogP contribution in [0.25, 0.3) is 0 Å². The summed E-state index contributed by atoms with van der Waals surface area (Å²) < 4.78 is 5.62. The van der Waals surface area contributed by atoms with Gasteiger partial charge in [0.25, 0.3) is 5.69 Å². The van der Waals surface area contributed by atoms with Crippen molar-refractivity contribution in [3.63, 3.8) is 0 Å². The van der Waals surface area contributed by atoms with Gasteiger partial charge in [0.2, 0.25) is 0 Å². The Morgan fingerprint density at radius 3 is 2.26 bits per heavy atom. The van der Waals surface area contributed by atoms with Gasteiger partial charge in [0.15, 0.2) is 0 Å². The maximum absolute atomic E-state index is 10.6. The molecule has 0 atom stereocenters. The zero-order valence-corrected chi connectivity index (χ0v) is 12.6. The predicted molar refractivity (Wildman–Crippen MR) is 90.0 cm³/mol. The summed E-state index contributed by atoms with van der Waals surface area (Å²) in [5.41, 5.74) is 7.55. The molecule has 0 fully saturated rings. The Bertz CT molecular complexity index is 689. The fraction of sp³-hybridized carbons (Fsp3) is 0.111. The lowest BCUT2D eigenvalue weighted by molar-refractivity contribution is -0.384. The fourth-order valence-electron chi connectivity index (χ4n) is 1.95. The molecule has 0 saturated heterocycles. The summed E-state index contributed by atoms with van der Waals surface area (Å²) in [7, 11) is 0. The molecule has 23 heavy (non-hydrogen) atoms. The molecule has 0 amide bonds. The van der Waals surface area contributed by atoms with Crippen LogP contribution < -0.4 is 10.5 Å². The van der Waals surface area contributed by atoms with E-state index in [2.05, 4.69) is 0 Å². The second kappa shape index (κ2) is 8.38. The Kier molecular flexibility index (Phi) is 5.94. The first-order valence-corrected chi connectivity index (χ1v) is 7.17. The van der Waals surface area contributed by atoms with Crippen LogP contribution in [-0.2, 0) is 13.0 Å². The van der Waals surface area contributed by atoms with Gasteiger partial charge < -0.3 is 10.5 Å². The maximum Gasteiger partial charge on any atom is 0.269 e. The molecule has 0 saturated carbocycles. The largest absolute Gasteiger partial charge is 0.489 e. The molecule has 0 spiro atoms. The van der Waals surface area contributed by atoms with Crippen molar-refractivity contribution in [2.24, 2.45) is 5.73 Å². The van der Waals surface area contributed by atoms with Crippen molar-refractivity contribution >= 4 is 5.69 Å². The molecule has 0 bridgehead atoms. The van der Waals surface area contributed by atoms with Crippen LogP contribution in [0.15, 0.2) is 73.0 Å². The van der Waals surface area contributed by atoms with Gasteiger partial charge in [-0.3, -0.25) is 10.1 Å². The van der Waals surface area contributed by atoms with Gasteiger partial charge in [-0.15, -0.1) is 0 Å².